The van der Waals surface area contributed by atoms with E-state index >= 15 is 0 Å². The lowest BCUT2D eigenvalue weighted by Crippen LogP contribution is -3.00. The molecule has 0 saturated heterocycles. The molecule has 1 aromatic rings. The van der Waals surface area contributed by atoms with Crippen LogP contribution in [0.2, 0.25) is 0 Å². The van der Waals surface area contributed by atoms with E-state index < -0.39 is 6.10 Å². The standard InChI is InChI=1S/C31H45NO3.ClH/c1-20(29(35)21-7-5-4-6-8-21)32-18-15-28(34)27-12-11-25-24-10-9-22-19-23(33)13-16-30(22,2)26(24)14-17-31(25,27)3;/h4-8,12,20,22-26,29,32-33,35H,9-11,13-19H2,1-3H3;1H. The van der Waals surface area contributed by atoms with Gasteiger partial charge in [-0.05, 0) is 104 Å². The molecule has 36 heavy (non-hydrogen) atoms. The minimum absolute atomic E-state index is 0. The molecule has 200 valence electrons. The van der Waals surface area contributed by atoms with Crippen molar-refractivity contribution < 1.29 is 32.7 Å². The van der Waals surface area contributed by atoms with Crippen LogP contribution >= 0.6 is 0 Å². The third-order valence-electron chi connectivity index (χ3n) is 11.1. The number of aliphatic hydroxyl groups excluding tert-OH is 2. The molecular weight excluding hydrogens is 470 g/mol. The number of nitrogens with two attached hydrogens (primary N) is 1. The number of Topliss-reactive ketones (excluding diaryl/α,β-unsaturated/α-hetero) is 1. The molecule has 0 radical (unpaired) electrons. The first-order valence-corrected chi connectivity index (χ1v) is 14.2. The number of halogens is 1. The summed E-state index contributed by atoms with van der Waals surface area (Å²) in [6.07, 6.45) is 11.3. The maximum Gasteiger partial charge on any atom is 0.164 e. The van der Waals surface area contributed by atoms with Gasteiger partial charge in [0.05, 0.1) is 19.1 Å². The summed E-state index contributed by atoms with van der Waals surface area (Å²) in [5.41, 5.74) is 2.45. The molecule has 0 heterocycles. The van der Waals surface area contributed by atoms with Gasteiger partial charge in [-0.15, -0.1) is 0 Å². The van der Waals surface area contributed by atoms with E-state index in [1.165, 1.54) is 25.7 Å². The third kappa shape index (κ3) is 4.84. The molecule has 4 aliphatic carbocycles. The Morgan fingerprint density at radius 2 is 1.83 bits per heavy atom. The highest BCUT2D eigenvalue weighted by atomic mass is 35.5. The predicted molar refractivity (Wildman–Crippen MR) is 138 cm³/mol. The van der Waals surface area contributed by atoms with Crippen molar-refractivity contribution in [3.63, 3.8) is 0 Å². The second-order valence-electron chi connectivity index (χ2n) is 12.8. The molecule has 5 heteroatoms. The number of benzene rings is 1. The monoisotopic (exact) mass is 515 g/mol. The zero-order valence-corrected chi connectivity index (χ0v) is 23.1. The van der Waals surface area contributed by atoms with Gasteiger partial charge in [0.2, 0.25) is 0 Å². The predicted octanol–water partition coefficient (Wildman–Crippen LogP) is 1.58. The molecule has 0 amide bonds. The molecule has 9 atom stereocenters. The quantitative estimate of drug-likeness (QED) is 0.516. The molecule has 0 aromatic heterocycles. The number of rotatable bonds is 7. The fraction of sp³-hybridized carbons (Fsp3) is 0.710. The highest BCUT2D eigenvalue weighted by Crippen LogP contribution is 2.66. The smallest absolute Gasteiger partial charge is 0.164 e. The van der Waals surface area contributed by atoms with Crippen molar-refractivity contribution in [2.45, 2.75) is 96.8 Å². The number of hydrogen-bond acceptors (Lipinski definition) is 3. The molecule has 4 aliphatic rings. The zero-order valence-electron chi connectivity index (χ0n) is 22.3. The average Bonchev–Trinajstić information content (AvgIpc) is 3.21. The van der Waals surface area contributed by atoms with Gasteiger partial charge in [0.1, 0.15) is 12.1 Å². The van der Waals surface area contributed by atoms with Crippen molar-refractivity contribution in [2.75, 3.05) is 6.54 Å². The summed E-state index contributed by atoms with van der Waals surface area (Å²) in [7, 11) is 0. The summed E-state index contributed by atoms with van der Waals surface area (Å²) in [5.74, 6) is 3.08. The Bertz CT molecular complexity index is 950. The number of carbonyl (C=O) groups is 1. The molecule has 9 unspecified atom stereocenters. The Kier molecular flexibility index (Phi) is 8.41. The van der Waals surface area contributed by atoms with Crippen molar-refractivity contribution in [3.05, 3.63) is 47.5 Å². The lowest BCUT2D eigenvalue weighted by molar-refractivity contribution is -0.693. The van der Waals surface area contributed by atoms with Crippen molar-refractivity contribution in [1.29, 1.82) is 0 Å². The molecule has 0 spiro atoms. The summed E-state index contributed by atoms with van der Waals surface area (Å²) in [6, 6.07) is 9.82. The number of fused-ring (bicyclic) bond motifs is 5. The van der Waals surface area contributed by atoms with Crippen molar-refractivity contribution in [3.8, 4) is 0 Å². The molecular formula is C31H46ClNO3. The molecule has 4 nitrogen and oxygen atoms in total. The largest absolute Gasteiger partial charge is 1.00 e. The Morgan fingerprint density at radius 1 is 1.08 bits per heavy atom. The Labute approximate surface area is 223 Å². The van der Waals surface area contributed by atoms with E-state index in [1.54, 1.807) is 0 Å². The molecule has 3 fully saturated rings. The highest BCUT2D eigenvalue weighted by molar-refractivity contribution is 5.97. The normalized spacial score (nSPS) is 39.0. The van der Waals surface area contributed by atoms with Crippen LogP contribution in [-0.4, -0.2) is 34.7 Å². The van der Waals surface area contributed by atoms with Crippen LogP contribution in [0.5, 0.6) is 0 Å². The zero-order chi connectivity index (χ0) is 24.8. The van der Waals surface area contributed by atoms with Gasteiger partial charge in [-0.1, -0.05) is 50.3 Å². The van der Waals surface area contributed by atoms with E-state index in [-0.39, 0.29) is 30.0 Å². The second-order valence-corrected chi connectivity index (χ2v) is 12.8. The van der Waals surface area contributed by atoms with Crippen LogP contribution in [0.3, 0.4) is 0 Å². The fourth-order valence-corrected chi connectivity index (χ4v) is 8.93. The summed E-state index contributed by atoms with van der Waals surface area (Å²) in [4.78, 5) is 13.4. The van der Waals surface area contributed by atoms with Gasteiger partial charge in [-0.3, -0.25) is 4.79 Å². The molecule has 0 aliphatic heterocycles. The van der Waals surface area contributed by atoms with Crippen LogP contribution in [-0.2, 0) is 4.79 Å². The summed E-state index contributed by atoms with van der Waals surface area (Å²) >= 11 is 0. The SMILES string of the molecule is CC([NH2+]CCC(=O)C1=CCC2C3CCC4CC(O)CCC4(C)C3CCC12C)C(O)c1ccccc1.[Cl-]. The van der Waals surface area contributed by atoms with E-state index in [1.807, 2.05) is 37.3 Å². The first-order valence-electron chi connectivity index (χ1n) is 14.2. The lowest BCUT2D eigenvalue weighted by atomic mass is 9.44. The molecule has 3 saturated carbocycles. The molecule has 0 bridgehead atoms. The van der Waals surface area contributed by atoms with Crippen LogP contribution in [0, 0.1) is 34.5 Å². The van der Waals surface area contributed by atoms with Crippen molar-refractivity contribution >= 4 is 5.78 Å². The number of quaternary nitrogens is 1. The van der Waals surface area contributed by atoms with Gasteiger partial charge in [-0.25, -0.2) is 0 Å². The van der Waals surface area contributed by atoms with E-state index in [9.17, 15) is 15.0 Å². The first-order chi connectivity index (χ1) is 16.7. The van der Waals surface area contributed by atoms with Gasteiger partial charge in [0, 0.05) is 0 Å². The average molecular weight is 516 g/mol. The Balaban J connectivity index is 0.00000304. The van der Waals surface area contributed by atoms with E-state index in [0.717, 1.165) is 55.2 Å². The van der Waals surface area contributed by atoms with E-state index in [0.29, 0.717) is 29.5 Å². The van der Waals surface area contributed by atoms with Gasteiger partial charge >= 0.3 is 0 Å². The first kappa shape index (κ1) is 27.8. The minimum atomic E-state index is -0.522. The summed E-state index contributed by atoms with van der Waals surface area (Å²) < 4.78 is 0. The van der Waals surface area contributed by atoms with Gasteiger partial charge in [0.15, 0.2) is 5.78 Å². The maximum absolute atomic E-state index is 13.4. The van der Waals surface area contributed by atoms with Gasteiger partial charge in [-0.2, -0.15) is 0 Å². The van der Waals surface area contributed by atoms with Crippen LogP contribution in [0.15, 0.2) is 42.0 Å². The number of ketones is 1. The van der Waals surface area contributed by atoms with Crippen LogP contribution in [0.1, 0.15) is 90.2 Å². The lowest BCUT2D eigenvalue weighted by Gasteiger charge is -2.60. The number of carbonyl (C=O) groups excluding carboxylic acids is 1. The van der Waals surface area contributed by atoms with Gasteiger partial charge in [0.25, 0.3) is 0 Å². The Hall–Kier alpha value is -1.20. The number of hydrogen-bond donors (Lipinski definition) is 3. The van der Waals surface area contributed by atoms with E-state index in [4.69, 9.17) is 0 Å². The third-order valence-corrected chi connectivity index (χ3v) is 11.1. The van der Waals surface area contributed by atoms with E-state index in [2.05, 4.69) is 25.2 Å². The van der Waals surface area contributed by atoms with Crippen molar-refractivity contribution in [1.82, 2.24) is 0 Å². The minimum Gasteiger partial charge on any atom is -1.00 e. The number of allylic oxidation sites excluding steroid dienone is 2. The molecule has 5 rings (SSSR count). The maximum atomic E-state index is 13.4. The molecule has 4 N–H and O–H groups in total. The topological polar surface area (TPSA) is 74.1 Å². The van der Waals surface area contributed by atoms with Crippen LogP contribution in [0.25, 0.3) is 0 Å². The fourth-order valence-electron chi connectivity index (χ4n) is 8.93. The summed E-state index contributed by atoms with van der Waals surface area (Å²) in [6.45, 7) is 7.67. The second kappa shape index (κ2) is 10.9. The van der Waals surface area contributed by atoms with Crippen molar-refractivity contribution in [2.24, 2.45) is 34.5 Å². The summed E-state index contributed by atoms with van der Waals surface area (Å²) in [5, 5.41) is 23.1. The highest BCUT2D eigenvalue weighted by Gasteiger charge is 2.59. The molecule has 1 aromatic carbocycles. The van der Waals surface area contributed by atoms with Crippen LogP contribution < -0.4 is 17.7 Å². The van der Waals surface area contributed by atoms with Gasteiger partial charge < -0.3 is 27.9 Å². The van der Waals surface area contributed by atoms with Crippen LogP contribution in [0.4, 0.5) is 0 Å². The Morgan fingerprint density at radius 3 is 2.58 bits per heavy atom. The number of aliphatic hydroxyl groups is 2.